The van der Waals surface area contributed by atoms with Crippen molar-refractivity contribution in [3.8, 4) is 0 Å². The molecule has 2 aromatic rings. The van der Waals surface area contributed by atoms with Crippen LogP contribution in [0.4, 0.5) is 0 Å². The third kappa shape index (κ3) is 3.14. The largest absolute Gasteiger partial charge is 0.378 e. The van der Waals surface area contributed by atoms with Crippen LogP contribution in [0.5, 0.6) is 0 Å². The van der Waals surface area contributed by atoms with E-state index in [4.69, 9.17) is 4.74 Å². The summed E-state index contributed by atoms with van der Waals surface area (Å²) in [6.45, 7) is 5.12. The van der Waals surface area contributed by atoms with E-state index in [9.17, 15) is 9.59 Å². The van der Waals surface area contributed by atoms with Gasteiger partial charge in [-0.2, -0.15) is 0 Å². The van der Waals surface area contributed by atoms with Crippen LogP contribution in [0.3, 0.4) is 0 Å². The molecule has 128 valence electrons. The first kappa shape index (κ1) is 16.5. The van der Waals surface area contributed by atoms with Gasteiger partial charge in [-0.3, -0.25) is 9.59 Å². The van der Waals surface area contributed by atoms with Gasteiger partial charge in [-0.15, -0.1) is 0 Å². The van der Waals surface area contributed by atoms with E-state index in [1.165, 1.54) is 4.90 Å². The third-order valence-electron chi connectivity index (χ3n) is 4.43. The molecule has 6 nitrogen and oxygen atoms in total. The number of aromatic nitrogens is 1. The van der Waals surface area contributed by atoms with Crippen LogP contribution in [-0.4, -0.2) is 66.1 Å². The minimum atomic E-state index is -0.130. The van der Waals surface area contributed by atoms with Gasteiger partial charge in [0.2, 0.25) is 5.91 Å². The van der Waals surface area contributed by atoms with Crippen molar-refractivity contribution >= 4 is 22.7 Å². The molecule has 2 heterocycles. The lowest BCUT2D eigenvalue weighted by molar-refractivity contribution is -0.135. The number of carbonyl (C=O) groups excluding carboxylic acids is 2. The van der Waals surface area contributed by atoms with E-state index in [1.807, 2.05) is 41.8 Å². The topological polar surface area (TPSA) is 54.8 Å². The lowest BCUT2D eigenvalue weighted by Gasteiger charge is -2.28. The second kappa shape index (κ2) is 7.05. The van der Waals surface area contributed by atoms with Gasteiger partial charge in [0, 0.05) is 37.6 Å². The van der Waals surface area contributed by atoms with Crippen LogP contribution >= 0.6 is 0 Å². The fraction of sp³-hybridized carbons (Fsp3) is 0.444. The maximum Gasteiger partial charge on any atom is 0.270 e. The maximum atomic E-state index is 12.8. The zero-order valence-corrected chi connectivity index (χ0v) is 14.2. The predicted octanol–water partition coefficient (Wildman–Crippen LogP) is 1.59. The number of aryl methyl sites for hydroxylation is 1. The van der Waals surface area contributed by atoms with Gasteiger partial charge in [0.1, 0.15) is 5.69 Å². The second-order valence-electron chi connectivity index (χ2n) is 5.99. The Balaban J connectivity index is 1.77. The Bertz CT molecular complexity index is 747. The summed E-state index contributed by atoms with van der Waals surface area (Å²) in [5.74, 6) is -0.164. The zero-order chi connectivity index (χ0) is 17.1. The molecule has 0 bridgehead atoms. The highest BCUT2D eigenvalue weighted by Crippen LogP contribution is 2.20. The molecule has 3 rings (SSSR count). The Hall–Kier alpha value is -2.34. The lowest BCUT2D eigenvalue weighted by Crippen LogP contribution is -2.46. The van der Waals surface area contributed by atoms with Crippen LogP contribution in [0.15, 0.2) is 30.3 Å². The number of carbonyl (C=O) groups is 2. The van der Waals surface area contributed by atoms with E-state index in [1.54, 1.807) is 11.9 Å². The van der Waals surface area contributed by atoms with Gasteiger partial charge in [-0.25, -0.2) is 0 Å². The predicted molar refractivity (Wildman–Crippen MR) is 92.0 cm³/mol. The Kier molecular flexibility index (Phi) is 4.85. The van der Waals surface area contributed by atoms with E-state index in [-0.39, 0.29) is 18.4 Å². The lowest BCUT2D eigenvalue weighted by atomic mass is 10.2. The summed E-state index contributed by atoms with van der Waals surface area (Å²) in [7, 11) is 1.68. The maximum absolute atomic E-state index is 12.8. The zero-order valence-electron chi connectivity index (χ0n) is 14.2. The second-order valence-corrected chi connectivity index (χ2v) is 5.99. The summed E-state index contributed by atoms with van der Waals surface area (Å²) in [6.07, 6.45) is 0. The Morgan fingerprint density at radius 1 is 1.21 bits per heavy atom. The molecule has 1 saturated heterocycles. The number of ether oxygens (including phenoxy) is 1. The molecule has 1 aliphatic heterocycles. The molecule has 0 atom stereocenters. The van der Waals surface area contributed by atoms with Crippen LogP contribution in [0, 0.1) is 0 Å². The Labute approximate surface area is 141 Å². The van der Waals surface area contributed by atoms with E-state index in [2.05, 4.69) is 0 Å². The van der Waals surface area contributed by atoms with E-state index in [0.717, 1.165) is 10.9 Å². The smallest absolute Gasteiger partial charge is 0.270 e. The van der Waals surface area contributed by atoms with E-state index < -0.39 is 0 Å². The molecule has 24 heavy (non-hydrogen) atoms. The summed E-state index contributed by atoms with van der Waals surface area (Å²) >= 11 is 0. The highest BCUT2D eigenvalue weighted by atomic mass is 16.5. The van der Waals surface area contributed by atoms with Crippen LogP contribution in [0.25, 0.3) is 10.9 Å². The molecular weight excluding hydrogens is 306 g/mol. The molecule has 1 fully saturated rings. The highest BCUT2D eigenvalue weighted by Gasteiger charge is 2.23. The number of fused-ring (bicyclic) bond motifs is 1. The van der Waals surface area contributed by atoms with Crippen LogP contribution in [0.1, 0.15) is 17.4 Å². The number of benzene rings is 1. The van der Waals surface area contributed by atoms with Crippen molar-refractivity contribution in [1.82, 2.24) is 14.4 Å². The molecule has 1 aliphatic rings. The monoisotopic (exact) mass is 329 g/mol. The molecular formula is C18H23N3O3. The van der Waals surface area contributed by atoms with Crippen molar-refractivity contribution in [2.75, 3.05) is 39.9 Å². The van der Waals surface area contributed by atoms with Crippen molar-refractivity contribution in [2.24, 2.45) is 0 Å². The number of nitrogens with zero attached hydrogens (tertiary/aromatic N) is 3. The van der Waals surface area contributed by atoms with Crippen LogP contribution in [-0.2, 0) is 16.1 Å². The minimum Gasteiger partial charge on any atom is -0.378 e. The SMILES string of the molecule is CCn1c(C(=O)N(C)CC(=O)N2CCOCC2)cc2ccccc21. The molecule has 1 aromatic carbocycles. The Morgan fingerprint density at radius 2 is 1.92 bits per heavy atom. The molecule has 0 saturated carbocycles. The number of likely N-dealkylation sites (N-methyl/N-ethyl adjacent to an activating group) is 1. The van der Waals surface area contributed by atoms with Crippen molar-refractivity contribution in [3.63, 3.8) is 0 Å². The number of hydrogen-bond acceptors (Lipinski definition) is 3. The van der Waals surface area contributed by atoms with Gasteiger partial charge in [-0.1, -0.05) is 18.2 Å². The van der Waals surface area contributed by atoms with E-state index in [0.29, 0.717) is 38.5 Å². The highest BCUT2D eigenvalue weighted by molar-refractivity contribution is 6.00. The first-order valence-corrected chi connectivity index (χ1v) is 8.31. The molecule has 6 heteroatoms. The summed E-state index contributed by atoms with van der Waals surface area (Å²) in [4.78, 5) is 28.4. The molecule has 2 amide bonds. The van der Waals surface area contributed by atoms with E-state index >= 15 is 0 Å². The van der Waals surface area contributed by atoms with Gasteiger partial charge in [0.05, 0.1) is 19.8 Å². The fourth-order valence-electron chi connectivity index (χ4n) is 3.11. The number of amides is 2. The number of rotatable bonds is 4. The summed E-state index contributed by atoms with van der Waals surface area (Å²) in [5, 5.41) is 1.04. The molecule has 1 aromatic heterocycles. The fourth-order valence-corrected chi connectivity index (χ4v) is 3.11. The average molecular weight is 329 g/mol. The minimum absolute atomic E-state index is 0.0340. The number of para-hydroxylation sites is 1. The van der Waals surface area contributed by atoms with Crippen LogP contribution < -0.4 is 0 Å². The van der Waals surface area contributed by atoms with Crippen LogP contribution in [0.2, 0.25) is 0 Å². The Morgan fingerprint density at radius 3 is 2.62 bits per heavy atom. The van der Waals surface area contributed by atoms with Crippen molar-refractivity contribution in [1.29, 1.82) is 0 Å². The average Bonchev–Trinajstić information content (AvgIpc) is 3.00. The van der Waals surface area contributed by atoms with Gasteiger partial charge in [0.25, 0.3) is 5.91 Å². The molecule has 0 unspecified atom stereocenters. The quantitative estimate of drug-likeness (QED) is 0.856. The first-order valence-electron chi connectivity index (χ1n) is 8.31. The van der Waals surface area contributed by atoms with Crippen molar-refractivity contribution in [3.05, 3.63) is 36.0 Å². The van der Waals surface area contributed by atoms with Gasteiger partial charge in [0.15, 0.2) is 0 Å². The molecule has 0 radical (unpaired) electrons. The number of morpholine rings is 1. The molecule has 0 N–H and O–H groups in total. The normalized spacial score (nSPS) is 14.8. The van der Waals surface area contributed by atoms with Crippen molar-refractivity contribution in [2.45, 2.75) is 13.5 Å². The summed E-state index contributed by atoms with van der Waals surface area (Å²) in [6, 6.07) is 9.83. The third-order valence-corrected chi connectivity index (χ3v) is 4.43. The number of hydrogen-bond donors (Lipinski definition) is 0. The summed E-state index contributed by atoms with van der Waals surface area (Å²) in [5.41, 5.74) is 1.66. The molecule has 0 spiro atoms. The van der Waals surface area contributed by atoms with Crippen molar-refractivity contribution < 1.29 is 14.3 Å². The molecule has 0 aliphatic carbocycles. The summed E-state index contributed by atoms with van der Waals surface area (Å²) < 4.78 is 7.25. The first-order chi connectivity index (χ1) is 11.6. The van der Waals surface area contributed by atoms with Gasteiger partial charge >= 0.3 is 0 Å². The standard InChI is InChI=1S/C18H23N3O3/c1-3-21-15-7-5-4-6-14(15)12-16(21)18(23)19(2)13-17(22)20-8-10-24-11-9-20/h4-7,12H,3,8-11,13H2,1-2H3. The van der Waals surface area contributed by atoms with Gasteiger partial charge in [-0.05, 0) is 19.1 Å². The van der Waals surface area contributed by atoms with Gasteiger partial charge < -0.3 is 19.1 Å².